The summed E-state index contributed by atoms with van der Waals surface area (Å²) in [6, 6.07) is 7.75. The number of nitrogens with two attached hydrogens (primary N) is 1. The van der Waals surface area contributed by atoms with E-state index in [1.165, 1.54) is 0 Å². The van der Waals surface area contributed by atoms with Gasteiger partial charge in [-0.05, 0) is 31.4 Å². The van der Waals surface area contributed by atoms with E-state index >= 15 is 0 Å². The average molecular weight is 246 g/mol. The van der Waals surface area contributed by atoms with Gasteiger partial charge in [0.05, 0.1) is 16.9 Å². The molecule has 0 saturated carbocycles. The van der Waals surface area contributed by atoms with Crippen LogP contribution in [0, 0.1) is 12.3 Å². The third-order valence-electron chi connectivity index (χ3n) is 2.46. The molecule has 0 fully saturated rings. The highest BCUT2D eigenvalue weighted by atomic mass is 32.2. The van der Waals surface area contributed by atoms with Crippen LogP contribution in [0.3, 0.4) is 0 Å². The second kappa shape index (κ2) is 4.63. The number of hydrogen-bond donors (Lipinski definition) is 2. The number of aromatic nitrogens is 2. The Balaban J connectivity index is 2.65. The minimum absolute atomic E-state index is 0.0677. The molecule has 1 heterocycles. The molecule has 0 aliphatic carbocycles. The maximum Gasteiger partial charge on any atom is 0.126 e. The molecule has 0 bridgehead atoms. The summed E-state index contributed by atoms with van der Waals surface area (Å²) in [6.45, 7) is 1.93. The summed E-state index contributed by atoms with van der Waals surface area (Å²) in [5.41, 5.74) is 8.19. The zero-order chi connectivity index (χ0) is 12.4. The van der Waals surface area contributed by atoms with Gasteiger partial charge in [-0.1, -0.05) is 6.07 Å². The Morgan fingerprint density at radius 3 is 2.71 bits per heavy atom. The average Bonchev–Trinajstić information content (AvgIpc) is 2.74. The Kier molecular flexibility index (Phi) is 3.19. The molecule has 5 heteroatoms. The van der Waals surface area contributed by atoms with E-state index in [9.17, 15) is 0 Å². The molecule has 2 rings (SSSR count). The molecule has 0 atom stereocenters. The highest BCUT2D eigenvalue weighted by molar-refractivity contribution is 7.98. The quantitative estimate of drug-likeness (QED) is 0.495. The monoisotopic (exact) mass is 246 g/mol. The van der Waals surface area contributed by atoms with Crippen molar-refractivity contribution in [2.45, 2.75) is 11.8 Å². The van der Waals surface area contributed by atoms with Gasteiger partial charge in [0.1, 0.15) is 5.84 Å². The second-order valence-electron chi connectivity index (χ2n) is 3.67. The number of nitrogens with one attached hydrogen (secondary N) is 1. The number of aryl methyl sites for hydroxylation is 1. The number of nitrogens with zero attached hydrogens (tertiary/aromatic N) is 2. The predicted octanol–water partition coefficient (Wildman–Crippen LogP) is 2.19. The maximum absolute atomic E-state index is 7.70. The summed E-state index contributed by atoms with van der Waals surface area (Å²) in [5.74, 6) is 0.0677. The number of rotatable bonds is 3. The van der Waals surface area contributed by atoms with Crippen molar-refractivity contribution in [3.05, 3.63) is 41.7 Å². The van der Waals surface area contributed by atoms with Gasteiger partial charge in [-0.2, -0.15) is 5.10 Å². The highest BCUT2D eigenvalue weighted by Gasteiger charge is 2.12. The van der Waals surface area contributed by atoms with Crippen LogP contribution < -0.4 is 5.73 Å². The molecule has 0 spiro atoms. The maximum atomic E-state index is 7.70. The standard InChI is InChI=1S/C12H14N4S/c1-8-6-7-16(15-8)9-4-3-5-10(17-2)11(9)12(13)14/h3-7H,1-2H3,(H3,13,14). The van der Waals surface area contributed by atoms with Gasteiger partial charge >= 0.3 is 0 Å². The van der Waals surface area contributed by atoms with Gasteiger partial charge in [0.15, 0.2) is 0 Å². The minimum atomic E-state index is 0.0677. The van der Waals surface area contributed by atoms with Crippen molar-refractivity contribution in [2.75, 3.05) is 6.26 Å². The number of amidine groups is 1. The van der Waals surface area contributed by atoms with Gasteiger partial charge < -0.3 is 5.73 Å². The molecule has 88 valence electrons. The van der Waals surface area contributed by atoms with Crippen molar-refractivity contribution in [1.82, 2.24) is 9.78 Å². The van der Waals surface area contributed by atoms with Crippen molar-refractivity contribution in [1.29, 1.82) is 5.41 Å². The number of nitrogen functional groups attached to an aromatic ring is 1. The zero-order valence-electron chi connectivity index (χ0n) is 9.77. The van der Waals surface area contributed by atoms with Crippen LogP contribution in [-0.4, -0.2) is 21.9 Å². The predicted molar refractivity (Wildman–Crippen MR) is 71.1 cm³/mol. The van der Waals surface area contributed by atoms with Crippen LogP contribution in [0.1, 0.15) is 11.3 Å². The van der Waals surface area contributed by atoms with Crippen molar-refractivity contribution in [3.63, 3.8) is 0 Å². The first-order valence-electron chi connectivity index (χ1n) is 5.17. The van der Waals surface area contributed by atoms with Gasteiger partial charge in [0.25, 0.3) is 0 Å². The van der Waals surface area contributed by atoms with Gasteiger partial charge in [-0.25, -0.2) is 4.68 Å². The molecule has 2 aromatic rings. The molecule has 1 aromatic heterocycles. The molecule has 4 nitrogen and oxygen atoms in total. The van der Waals surface area contributed by atoms with Gasteiger partial charge in [0, 0.05) is 11.1 Å². The molecule has 0 aliphatic rings. The fourth-order valence-corrected chi connectivity index (χ4v) is 2.33. The Morgan fingerprint density at radius 2 is 2.18 bits per heavy atom. The Labute approximate surface area is 104 Å². The van der Waals surface area contributed by atoms with Gasteiger partial charge in [-0.3, -0.25) is 5.41 Å². The van der Waals surface area contributed by atoms with Crippen LogP contribution in [0.25, 0.3) is 5.69 Å². The van der Waals surface area contributed by atoms with Gasteiger partial charge in [-0.15, -0.1) is 11.8 Å². The zero-order valence-corrected chi connectivity index (χ0v) is 10.6. The summed E-state index contributed by atoms with van der Waals surface area (Å²) in [5, 5.41) is 12.1. The normalized spacial score (nSPS) is 10.5. The first-order chi connectivity index (χ1) is 8.13. The van der Waals surface area contributed by atoms with E-state index in [2.05, 4.69) is 5.10 Å². The summed E-state index contributed by atoms with van der Waals surface area (Å²) in [4.78, 5) is 0.989. The lowest BCUT2D eigenvalue weighted by Gasteiger charge is -2.12. The first kappa shape index (κ1) is 11.7. The van der Waals surface area contributed by atoms with Crippen molar-refractivity contribution in [2.24, 2.45) is 5.73 Å². The number of hydrogen-bond acceptors (Lipinski definition) is 3. The minimum Gasteiger partial charge on any atom is -0.384 e. The second-order valence-corrected chi connectivity index (χ2v) is 4.52. The third kappa shape index (κ3) is 2.19. The van der Waals surface area contributed by atoms with Crippen molar-refractivity contribution < 1.29 is 0 Å². The van der Waals surface area contributed by atoms with E-state index in [0.29, 0.717) is 0 Å². The molecule has 17 heavy (non-hydrogen) atoms. The highest BCUT2D eigenvalue weighted by Crippen LogP contribution is 2.25. The van der Waals surface area contributed by atoms with E-state index in [4.69, 9.17) is 11.1 Å². The van der Waals surface area contributed by atoms with Crippen LogP contribution in [0.4, 0.5) is 0 Å². The van der Waals surface area contributed by atoms with Crippen LogP contribution >= 0.6 is 11.8 Å². The van der Waals surface area contributed by atoms with E-state index in [0.717, 1.165) is 21.8 Å². The van der Waals surface area contributed by atoms with Crippen molar-refractivity contribution in [3.8, 4) is 5.69 Å². The van der Waals surface area contributed by atoms with E-state index < -0.39 is 0 Å². The van der Waals surface area contributed by atoms with Crippen molar-refractivity contribution >= 4 is 17.6 Å². The Morgan fingerprint density at radius 1 is 1.41 bits per heavy atom. The molecular formula is C12H14N4S. The molecule has 0 aliphatic heterocycles. The smallest absolute Gasteiger partial charge is 0.126 e. The largest absolute Gasteiger partial charge is 0.384 e. The summed E-state index contributed by atoms with van der Waals surface area (Å²) in [6.07, 6.45) is 3.85. The molecular weight excluding hydrogens is 232 g/mol. The van der Waals surface area contributed by atoms with E-state index in [-0.39, 0.29) is 5.84 Å². The fraction of sp³-hybridized carbons (Fsp3) is 0.167. The Bertz CT molecular complexity index is 559. The van der Waals surface area contributed by atoms with E-state index in [1.807, 2.05) is 43.6 Å². The van der Waals surface area contributed by atoms with Crippen LogP contribution in [0.5, 0.6) is 0 Å². The first-order valence-corrected chi connectivity index (χ1v) is 6.40. The van der Waals surface area contributed by atoms with Crippen LogP contribution in [0.2, 0.25) is 0 Å². The molecule has 0 radical (unpaired) electrons. The summed E-state index contributed by atoms with van der Waals surface area (Å²) in [7, 11) is 0. The lowest BCUT2D eigenvalue weighted by molar-refractivity contribution is 0.857. The SMILES string of the molecule is CSc1cccc(-n2ccc(C)n2)c1C(=N)N. The summed E-state index contributed by atoms with van der Waals surface area (Å²) >= 11 is 1.58. The third-order valence-corrected chi connectivity index (χ3v) is 3.24. The fourth-order valence-electron chi connectivity index (χ4n) is 1.70. The summed E-state index contributed by atoms with van der Waals surface area (Å²) < 4.78 is 1.76. The van der Waals surface area contributed by atoms with Crippen LogP contribution in [-0.2, 0) is 0 Å². The lowest BCUT2D eigenvalue weighted by atomic mass is 10.1. The molecule has 0 unspecified atom stereocenters. The molecule has 3 N–H and O–H groups in total. The molecule has 1 aromatic carbocycles. The topological polar surface area (TPSA) is 67.7 Å². The molecule has 0 amide bonds. The number of thioether (sulfide) groups is 1. The van der Waals surface area contributed by atoms with Gasteiger partial charge in [0.2, 0.25) is 0 Å². The number of benzene rings is 1. The molecule has 0 saturated heterocycles. The van der Waals surface area contributed by atoms with E-state index in [1.54, 1.807) is 16.4 Å². The lowest BCUT2D eigenvalue weighted by Crippen LogP contribution is -2.16. The van der Waals surface area contributed by atoms with Crippen LogP contribution in [0.15, 0.2) is 35.4 Å². The Hall–Kier alpha value is -1.75.